The quantitative estimate of drug-likeness (QED) is 0.314. The Hall–Kier alpha value is -3.85. The molecule has 1 aliphatic carbocycles. The standard InChI is InChI=1S/C26H22N2O4/c27-9-4-10-28-14-22(20-7-1-2-8-23(20)28)24(29)16-32-26(30)13-19-15-31-25-12-18-6-3-5-17(18)11-21(19)25/h1-2,7-8,11-12,14-15H,3-6,10,13,16H2. The van der Waals surface area contributed by atoms with Crippen LogP contribution in [0.1, 0.15) is 39.9 Å². The molecule has 0 radical (unpaired) electrons. The number of ether oxygens (including phenoxy) is 1. The molecule has 0 atom stereocenters. The van der Waals surface area contributed by atoms with Gasteiger partial charge in [0.25, 0.3) is 0 Å². The van der Waals surface area contributed by atoms with Crippen molar-refractivity contribution in [3.8, 4) is 6.07 Å². The van der Waals surface area contributed by atoms with Gasteiger partial charge in [0.1, 0.15) is 5.58 Å². The monoisotopic (exact) mass is 426 g/mol. The fourth-order valence-corrected chi connectivity index (χ4v) is 4.54. The van der Waals surface area contributed by atoms with E-state index in [1.165, 1.54) is 11.1 Å². The van der Waals surface area contributed by atoms with Crippen LogP contribution in [0, 0.1) is 11.3 Å². The number of ketones is 1. The number of hydrogen-bond donors (Lipinski definition) is 0. The second kappa shape index (κ2) is 8.35. The van der Waals surface area contributed by atoms with Crippen molar-refractivity contribution in [3.63, 3.8) is 0 Å². The Morgan fingerprint density at radius 1 is 1.12 bits per heavy atom. The average Bonchev–Trinajstić information content (AvgIpc) is 3.52. The summed E-state index contributed by atoms with van der Waals surface area (Å²) in [5.41, 5.74) is 5.58. The molecular weight excluding hydrogens is 404 g/mol. The third-order valence-corrected chi connectivity index (χ3v) is 6.12. The number of fused-ring (bicyclic) bond motifs is 3. The number of rotatable bonds is 7. The maximum Gasteiger partial charge on any atom is 0.310 e. The van der Waals surface area contributed by atoms with Crippen LogP contribution >= 0.6 is 0 Å². The number of nitrogens with zero attached hydrogens (tertiary/aromatic N) is 2. The molecule has 0 amide bonds. The van der Waals surface area contributed by atoms with Crippen molar-refractivity contribution < 1.29 is 18.7 Å². The van der Waals surface area contributed by atoms with E-state index in [0.717, 1.165) is 46.7 Å². The van der Waals surface area contributed by atoms with Crippen LogP contribution < -0.4 is 0 Å². The molecule has 5 rings (SSSR count). The van der Waals surface area contributed by atoms with E-state index in [1.807, 2.05) is 28.8 Å². The Labute approximate surface area is 185 Å². The lowest BCUT2D eigenvalue weighted by Crippen LogP contribution is -2.15. The van der Waals surface area contributed by atoms with Crippen LogP contribution in [-0.2, 0) is 35.3 Å². The predicted octanol–water partition coefficient (Wildman–Crippen LogP) is 4.76. The summed E-state index contributed by atoms with van der Waals surface area (Å²) in [6, 6.07) is 13.8. The number of aromatic nitrogens is 1. The molecule has 0 fully saturated rings. The van der Waals surface area contributed by atoms with E-state index in [4.69, 9.17) is 14.4 Å². The van der Waals surface area contributed by atoms with Gasteiger partial charge in [0.15, 0.2) is 6.61 Å². The highest BCUT2D eigenvalue weighted by Gasteiger charge is 2.19. The SMILES string of the molecule is N#CCCn1cc(C(=O)COC(=O)Cc2coc3cc4c(cc23)CCC4)c2ccccc21. The fraction of sp³-hybridized carbons (Fsp3) is 0.269. The van der Waals surface area contributed by atoms with Gasteiger partial charge in [-0.15, -0.1) is 0 Å². The van der Waals surface area contributed by atoms with Crippen molar-refractivity contribution in [2.75, 3.05) is 6.61 Å². The summed E-state index contributed by atoms with van der Waals surface area (Å²) in [6.45, 7) is 0.178. The highest BCUT2D eigenvalue weighted by Crippen LogP contribution is 2.30. The molecule has 0 saturated carbocycles. The van der Waals surface area contributed by atoms with Crippen molar-refractivity contribution in [3.05, 3.63) is 71.1 Å². The molecule has 6 nitrogen and oxygen atoms in total. The summed E-state index contributed by atoms with van der Waals surface area (Å²) < 4.78 is 12.9. The van der Waals surface area contributed by atoms with Crippen LogP contribution in [-0.4, -0.2) is 22.9 Å². The molecule has 0 aliphatic heterocycles. The number of nitriles is 1. The van der Waals surface area contributed by atoms with Crippen LogP contribution in [0.15, 0.2) is 53.3 Å². The van der Waals surface area contributed by atoms with Gasteiger partial charge in [0, 0.05) is 40.2 Å². The minimum absolute atomic E-state index is 0.0585. The van der Waals surface area contributed by atoms with E-state index in [1.54, 1.807) is 12.5 Å². The number of benzene rings is 2. The zero-order valence-electron chi connectivity index (χ0n) is 17.6. The normalized spacial score (nSPS) is 12.7. The minimum atomic E-state index is -0.463. The summed E-state index contributed by atoms with van der Waals surface area (Å²) in [4.78, 5) is 25.3. The summed E-state index contributed by atoms with van der Waals surface area (Å²) in [7, 11) is 0. The van der Waals surface area contributed by atoms with E-state index in [2.05, 4.69) is 18.2 Å². The second-order valence-electron chi connectivity index (χ2n) is 8.15. The Kier molecular flexibility index (Phi) is 5.24. The average molecular weight is 426 g/mol. The third kappa shape index (κ3) is 3.67. The lowest BCUT2D eigenvalue weighted by atomic mass is 10.0. The molecule has 2 heterocycles. The van der Waals surface area contributed by atoms with Gasteiger partial charge in [-0.2, -0.15) is 5.26 Å². The van der Waals surface area contributed by atoms with Gasteiger partial charge in [-0.3, -0.25) is 9.59 Å². The molecule has 2 aromatic heterocycles. The van der Waals surface area contributed by atoms with Crippen molar-refractivity contribution >= 4 is 33.6 Å². The predicted molar refractivity (Wildman–Crippen MR) is 119 cm³/mol. The van der Waals surface area contributed by atoms with Gasteiger partial charge in [-0.25, -0.2) is 0 Å². The largest absolute Gasteiger partial charge is 0.464 e. The molecule has 0 spiro atoms. The van der Waals surface area contributed by atoms with Gasteiger partial charge >= 0.3 is 5.97 Å². The van der Waals surface area contributed by atoms with Gasteiger partial charge in [-0.1, -0.05) is 18.2 Å². The topological polar surface area (TPSA) is 85.2 Å². The summed E-state index contributed by atoms with van der Waals surface area (Å²) in [6.07, 6.45) is 7.02. The summed E-state index contributed by atoms with van der Waals surface area (Å²) in [5, 5.41) is 10.6. The van der Waals surface area contributed by atoms with Crippen molar-refractivity contribution in [1.82, 2.24) is 4.57 Å². The zero-order chi connectivity index (χ0) is 22.1. The molecule has 4 aromatic rings. The highest BCUT2D eigenvalue weighted by atomic mass is 16.5. The minimum Gasteiger partial charge on any atom is -0.464 e. The summed E-state index contributed by atoms with van der Waals surface area (Å²) in [5.74, 6) is -0.727. The molecule has 0 N–H and O–H groups in total. The number of carbonyl (C=O) groups excluding carboxylic acids is 2. The van der Waals surface area contributed by atoms with Gasteiger partial charge < -0.3 is 13.7 Å². The number of carbonyl (C=O) groups is 2. The van der Waals surface area contributed by atoms with E-state index in [0.29, 0.717) is 18.5 Å². The van der Waals surface area contributed by atoms with Gasteiger partial charge in [0.2, 0.25) is 5.78 Å². The van der Waals surface area contributed by atoms with Crippen molar-refractivity contribution in [1.29, 1.82) is 5.26 Å². The lowest BCUT2D eigenvalue weighted by Gasteiger charge is -2.04. The maximum absolute atomic E-state index is 12.8. The maximum atomic E-state index is 12.8. The molecule has 2 aromatic carbocycles. The van der Waals surface area contributed by atoms with E-state index >= 15 is 0 Å². The first kappa shape index (κ1) is 20.1. The van der Waals surface area contributed by atoms with Crippen LogP contribution in [0.25, 0.3) is 21.9 Å². The Morgan fingerprint density at radius 2 is 1.94 bits per heavy atom. The van der Waals surface area contributed by atoms with Gasteiger partial charge in [-0.05, 0) is 48.6 Å². The van der Waals surface area contributed by atoms with E-state index in [9.17, 15) is 9.59 Å². The number of esters is 1. The molecule has 1 aliphatic rings. The fourth-order valence-electron chi connectivity index (χ4n) is 4.54. The number of aryl methyl sites for hydroxylation is 3. The first-order valence-corrected chi connectivity index (χ1v) is 10.8. The van der Waals surface area contributed by atoms with Crippen molar-refractivity contribution in [2.24, 2.45) is 0 Å². The van der Waals surface area contributed by atoms with E-state index in [-0.39, 0.29) is 18.8 Å². The highest BCUT2D eigenvalue weighted by molar-refractivity contribution is 6.09. The van der Waals surface area contributed by atoms with E-state index < -0.39 is 5.97 Å². The van der Waals surface area contributed by atoms with Crippen LogP contribution in [0.2, 0.25) is 0 Å². The number of furan rings is 1. The Balaban J connectivity index is 1.28. The molecular formula is C26H22N2O4. The number of para-hydroxylation sites is 1. The first-order chi connectivity index (χ1) is 15.6. The molecule has 32 heavy (non-hydrogen) atoms. The zero-order valence-corrected chi connectivity index (χ0v) is 17.6. The molecule has 160 valence electrons. The summed E-state index contributed by atoms with van der Waals surface area (Å²) >= 11 is 0. The van der Waals surface area contributed by atoms with Gasteiger partial charge in [0.05, 0.1) is 25.2 Å². The molecule has 0 saturated heterocycles. The number of hydrogen-bond acceptors (Lipinski definition) is 5. The molecule has 0 unspecified atom stereocenters. The lowest BCUT2D eigenvalue weighted by molar-refractivity contribution is -0.141. The third-order valence-electron chi connectivity index (χ3n) is 6.12. The molecule has 0 bridgehead atoms. The Morgan fingerprint density at radius 3 is 2.78 bits per heavy atom. The first-order valence-electron chi connectivity index (χ1n) is 10.8. The number of Topliss-reactive ketones (excluding diaryl/α,β-unsaturated/α-hetero) is 1. The van der Waals surface area contributed by atoms with Crippen LogP contribution in [0.4, 0.5) is 0 Å². The Bertz CT molecular complexity index is 1390. The van der Waals surface area contributed by atoms with Crippen LogP contribution in [0.3, 0.4) is 0 Å². The van der Waals surface area contributed by atoms with Crippen molar-refractivity contribution in [2.45, 2.75) is 38.6 Å². The van der Waals surface area contributed by atoms with Crippen LogP contribution in [0.5, 0.6) is 0 Å². The second-order valence-corrected chi connectivity index (χ2v) is 8.15. The molecule has 6 heteroatoms. The smallest absolute Gasteiger partial charge is 0.310 e.